The molecule has 0 saturated carbocycles. The van der Waals surface area contributed by atoms with Crippen molar-refractivity contribution in [2.24, 2.45) is 0 Å². The third-order valence-electron chi connectivity index (χ3n) is 2.97. The van der Waals surface area contributed by atoms with Gasteiger partial charge in [-0.25, -0.2) is 4.39 Å². The van der Waals surface area contributed by atoms with Gasteiger partial charge in [0.25, 0.3) is 5.89 Å². The number of aliphatic hydroxyl groups excluding tert-OH is 1. The molecule has 0 spiro atoms. The number of hydrogen-bond acceptors (Lipinski definition) is 5. The Bertz CT molecular complexity index is 771. The molecule has 3 aromatic rings. The molecule has 0 bridgehead atoms. The highest BCUT2D eigenvalue weighted by Crippen LogP contribution is 2.25. The molecule has 0 atom stereocenters. The van der Waals surface area contributed by atoms with Crippen molar-refractivity contribution in [3.8, 4) is 22.8 Å². The van der Waals surface area contributed by atoms with Crippen molar-refractivity contribution >= 4 is 0 Å². The molecule has 0 unspecified atom stereocenters. The zero-order valence-electron chi connectivity index (χ0n) is 10.8. The van der Waals surface area contributed by atoms with E-state index in [-0.39, 0.29) is 17.3 Å². The largest absolute Gasteiger partial charge is 0.364 e. The van der Waals surface area contributed by atoms with Gasteiger partial charge in [0.1, 0.15) is 5.82 Å². The molecule has 3 rings (SSSR count). The predicted molar refractivity (Wildman–Crippen MR) is 72.3 cm³/mol. The standard InChI is InChI=1S/C15H11FN2O3/c16-12-7-2-1-6-11(12)14-17-13(18-21-14)9-4-3-5-10(8-9)15(19)20/h1-8,15,19-20H. The Morgan fingerprint density at radius 2 is 1.86 bits per heavy atom. The maximum atomic E-state index is 13.7. The van der Waals surface area contributed by atoms with Gasteiger partial charge in [0, 0.05) is 11.1 Å². The van der Waals surface area contributed by atoms with E-state index in [9.17, 15) is 4.39 Å². The minimum absolute atomic E-state index is 0.0676. The number of rotatable bonds is 3. The molecule has 0 aliphatic rings. The van der Waals surface area contributed by atoms with Crippen LogP contribution >= 0.6 is 0 Å². The van der Waals surface area contributed by atoms with Crippen LogP contribution < -0.4 is 0 Å². The maximum absolute atomic E-state index is 13.7. The number of halogens is 1. The molecular weight excluding hydrogens is 275 g/mol. The van der Waals surface area contributed by atoms with E-state index in [0.29, 0.717) is 11.1 Å². The monoisotopic (exact) mass is 286 g/mol. The summed E-state index contributed by atoms with van der Waals surface area (Å²) >= 11 is 0. The number of nitrogens with zero attached hydrogens (tertiary/aromatic N) is 2. The Morgan fingerprint density at radius 3 is 2.62 bits per heavy atom. The lowest BCUT2D eigenvalue weighted by Crippen LogP contribution is -1.94. The zero-order valence-corrected chi connectivity index (χ0v) is 10.8. The van der Waals surface area contributed by atoms with Crippen LogP contribution in [0.2, 0.25) is 0 Å². The fraction of sp³-hybridized carbons (Fsp3) is 0.0667. The van der Waals surface area contributed by atoms with Crippen molar-refractivity contribution in [1.29, 1.82) is 0 Å². The number of aliphatic hydroxyl groups is 2. The van der Waals surface area contributed by atoms with E-state index in [1.54, 1.807) is 36.4 Å². The van der Waals surface area contributed by atoms with Crippen molar-refractivity contribution in [3.05, 3.63) is 59.9 Å². The summed E-state index contributed by atoms with van der Waals surface area (Å²) in [6, 6.07) is 12.5. The highest BCUT2D eigenvalue weighted by molar-refractivity contribution is 5.60. The van der Waals surface area contributed by atoms with Crippen LogP contribution in [0.25, 0.3) is 22.8 Å². The molecule has 1 heterocycles. The van der Waals surface area contributed by atoms with E-state index >= 15 is 0 Å². The highest BCUT2D eigenvalue weighted by atomic mass is 19.1. The van der Waals surface area contributed by atoms with Crippen LogP contribution in [-0.2, 0) is 0 Å². The molecule has 106 valence electrons. The molecule has 0 aliphatic carbocycles. The van der Waals surface area contributed by atoms with Gasteiger partial charge in [0.05, 0.1) is 5.56 Å². The molecule has 6 heteroatoms. The lowest BCUT2D eigenvalue weighted by atomic mass is 10.1. The normalized spacial score (nSPS) is 11.0. The number of benzene rings is 2. The van der Waals surface area contributed by atoms with Crippen molar-refractivity contribution in [2.75, 3.05) is 0 Å². The zero-order chi connectivity index (χ0) is 14.8. The minimum atomic E-state index is -1.58. The summed E-state index contributed by atoms with van der Waals surface area (Å²) in [7, 11) is 0. The van der Waals surface area contributed by atoms with Crippen molar-refractivity contribution < 1.29 is 19.1 Å². The second-order valence-corrected chi connectivity index (χ2v) is 4.40. The van der Waals surface area contributed by atoms with E-state index in [0.717, 1.165) is 0 Å². The molecule has 0 radical (unpaired) electrons. The summed E-state index contributed by atoms with van der Waals surface area (Å²) in [5.74, 6) is -0.138. The Labute approximate surface area is 119 Å². The molecule has 21 heavy (non-hydrogen) atoms. The first-order chi connectivity index (χ1) is 10.1. The van der Waals surface area contributed by atoms with Gasteiger partial charge in [-0.05, 0) is 18.2 Å². The Hall–Kier alpha value is -2.57. The van der Waals surface area contributed by atoms with Gasteiger partial charge in [-0.1, -0.05) is 35.5 Å². The summed E-state index contributed by atoms with van der Waals surface area (Å²) in [6.45, 7) is 0. The second-order valence-electron chi connectivity index (χ2n) is 4.40. The maximum Gasteiger partial charge on any atom is 0.261 e. The van der Waals surface area contributed by atoms with Crippen LogP contribution in [0.1, 0.15) is 11.9 Å². The van der Waals surface area contributed by atoms with Crippen molar-refractivity contribution in [2.45, 2.75) is 6.29 Å². The quantitative estimate of drug-likeness (QED) is 0.723. The van der Waals surface area contributed by atoms with Crippen LogP contribution in [0.5, 0.6) is 0 Å². The lowest BCUT2D eigenvalue weighted by Gasteiger charge is -2.03. The van der Waals surface area contributed by atoms with Crippen LogP contribution in [0, 0.1) is 5.82 Å². The number of hydrogen-bond donors (Lipinski definition) is 2. The molecule has 0 saturated heterocycles. The minimum Gasteiger partial charge on any atom is -0.364 e. The topological polar surface area (TPSA) is 79.4 Å². The van der Waals surface area contributed by atoms with Crippen LogP contribution in [0.3, 0.4) is 0 Å². The molecule has 0 amide bonds. The van der Waals surface area contributed by atoms with E-state index in [4.69, 9.17) is 14.7 Å². The Morgan fingerprint density at radius 1 is 1.05 bits per heavy atom. The van der Waals surface area contributed by atoms with E-state index in [2.05, 4.69) is 10.1 Å². The predicted octanol–water partition coefficient (Wildman–Crippen LogP) is 2.53. The SMILES string of the molecule is OC(O)c1cccc(-c2noc(-c3ccccc3F)n2)c1. The molecule has 1 aromatic heterocycles. The van der Waals surface area contributed by atoms with E-state index in [1.165, 1.54) is 12.1 Å². The lowest BCUT2D eigenvalue weighted by molar-refractivity contribution is -0.0424. The molecule has 0 fully saturated rings. The first-order valence-corrected chi connectivity index (χ1v) is 6.20. The molecule has 2 N–H and O–H groups in total. The number of aromatic nitrogens is 2. The van der Waals surface area contributed by atoms with Gasteiger partial charge >= 0.3 is 0 Å². The summed E-state index contributed by atoms with van der Waals surface area (Å²) in [6.07, 6.45) is -1.58. The molecule has 0 aliphatic heterocycles. The van der Waals surface area contributed by atoms with Crippen molar-refractivity contribution in [3.63, 3.8) is 0 Å². The molecule has 5 nitrogen and oxygen atoms in total. The fourth-order valence-electron chi connectivity index (χ4n) is 1.92. The summed E-state index contributed by atoms with van der Waals surface area (Å²) in [4.78, 5) is 4.13. The summed E-state index contributed by atoms with van der Waals surface area (Å²) in [5, 5.41) is 22.1. The summed E-state index contributed by atoms with van der Waals surface area (Å²) < 4.78 is 18.7. The fourth-order valence-corrected chi connectivity index (χ4v) is 1.92. The first kappa shape index (κ1) is 13.4. The average Bonchev–Trinajstić information content (AvgIpc) is 2.97. The van der Waals surface area contributed by atoms with Crippen molar-refractivity contribution in [1.82, 2.24) is 10.1 Å². The average molecular weight is 286 g/mol. The van der Waals surface area contributed by atoms with Gasteiger partial charge in [0.15, 0.2) is 6.29 Å². The molecular formula is C15H11FN2O3. The van der Waals surface area contributed by atoms with Gasteiger partial charge in [-0.2, -0.15) is 4.98 Å². The van der Waals surface area contributed by atoms with Crippen LogP contribution in [0.4, 0.5) is 4.39 Å². The van der Waals surface area contributed by atoms with Crippen LogP contribution in [0.15, 0.2) is 53.1 Å². The second kappa shape index (κ2) is 5.43. The van der Waals surface area contributed by atoms with Gasteiger partial charge in [0.2, 0.25) is 5.82 Å². The van der Waals surface area contributed by atoms with Gasteiger partial charge < -0.3 is 14.7 Å². The third-order valence-corrected chi connectivity index (χ3v) is 2.97. The van der Waals surface area contributed by atoms with Crippen LogP contribution in [-0.4, -0.2) is 20.4 Å². The third kappa shape index (κ3) is 2.67. The smallest absolute Gasteiger partial charge is 0.261 e. The van der Waals surface area contributed by atoms with Gasteiger partial charge in [-0.15, -0.1) is 0 Å². The first-order valence-electron chi connectivity index (χ1n) is 6.20. The molecule has 2 aromatic carbocycles. The van der Waals surface area contributed by atoms with E-state index < -0.39 is 12.1 Å². The van der Waals surface area contributed by atoms with Gasteiger partial charge in [-0.3, -0.25) is 0 Å². The van der Waals surface area contributed by atoms with E-state index in [1.807, 2.05) is 0 Å². The highest BCUT2D eigenvalue weighted by Gasteiger charge is 2.14. The Balaban J connectivity index is 1.99. The summed E-state index contributed by atoms with van der Waals surface area (Å²) in [5.41, 5.74) is 1.08. The Kier molecular flexibility index (Phi) is 3.47.